The van der Waals surface area contributed by atoms with Gasteiger partial charge in [-0.2, -0.15) is 0 Å². The second-order valence-electron chi connectivity index (χ2n) is 1.90. The molecule has 0 rings (SSSR count). The van der Waals surface area contributed by atoms with Gasteiger partial charge in [0.15, 0.2) is 0 Å². The molecule has 0 aliphatic heterocycles. The van der Waals surface area contributed by atoms with Crippen molar-refractivity contribution in [2.75, 3.05) is 5.88 Å². The standard InChI is InChI=1S/C8H13Cl/c1-2-3-4-5-6-7-8-9/h2-4,7-8H2,1H3. The molecule has 0 heterocycles. The number of hydrogen-bond donors (Lipinski definition) is 0. The monoisotopic (exact) mass is 144 g/mol. The molecule has 0 saturated carbocycles. The number of halogens is 1. The Morgan fingerprint density at radius 3 is 2.44 bits per heavy atom. The first-order valence-electron chi connectivity index (χ1n) is 3.43. The van der Waals surface area contributed by atoms with Crippen LogP contribution in [-0.4, -0.2) is 5.88 Å². The van der Waals surface area contributed by atoms with E-state index in [4.69, 9.17) is 11.6 Å². The van der Waals surface area contributed by atoms with E-state index in [-0.39, 0.29) is 0 Å². The number of unbranched alkanes of at least 4 members (excludes halogenated alkanes) is 2. The zero-order valence-corrected chi connectivity index (χ0v) is 6.67. The van der Waals surface area contributed by atoms with E-state index in [0.717, 1.165) is 12.8 Å². The molecule has 0 bridgehead atoms. The Labute approximate surface area is 62.6 Å². The Morgan fingerprint density at radius 1 is 1.22 bits per heavy atom. The third-order valence-corrected chi connectivity index (χ3v) is 1.19. The van der Waals surface area contributed by atoms with Gasteiger partial charge in [0.05, 0.1) is 0 Å². The van der Waals surface area contributed by atoms with Crippen LogP contribution < -0.4 is 0 Å². The normalized spacial score (nSPS) is 8.22. The van der Waals surface area contributed by atoms with Gasteiger partial charge in [-0.15, -0.1) is 23.4 Å². The van der Waals surface area contributed by atoms with E-state index in [2.05, 4.69) is 18.8 Å². The lowest BCUT2D eigenvalue weighted by Crippen LogP contribution is -1.69. The van der Waals surface area contributed by atoms with Gasteiger partial charge in [0, 0.05) is 18.7 Å². The average Bonchev–Trinajstić information content (AvgIpc) is 1.89. The smallest absolute Gasteiger partial charge is 0.0333 e. The van der Waals surface area contributed by atoms with E-state index < -0.39 is 0 Å². The molecule has 0 N–H and O–H groups in total. The molecule has 0 amide bonds. The Bertz CT molecular complexity index is 96.9. The average molecular weight is 145 g/mol. The van der Waals surface area contributed by atoms with Crippen LogP contribution in [0.2, 0.25) is 0 Å². The minimum Gasteiger partial charge on any atom is -0.126 e. The molecule has 0 fully saturated rings. The van der Waals surface area contributed by atoms with Crippen molar-refractivity contribution in [3.05, 3.63) is 0 Å². The summed E-state index contributed by atoms with van der Waals surface area (Å²) in [6, 6.07) is 0. The molecule has 9 heavy (non-hydrogen) atoms. The Kier molecular flexibility index (Phi) is 7.72. The van der Waals surface area contributed by atoms with E-state index in [9.17, 15) is 0 Å². The van der Waals surface area contributed by atoms with Gasteiger partial charge in [0.1, 0.15) is 0 Å². The molecule has 0 unspecified atom stereocenters. The van der Waals surface area contributed by atoms with Crippen molar-refractivity contribution in [2.45, 2.75) is 32.6 Å². The van der Waals surface area contributed by atoms with Crippen molar-refractivity contribution in [3.8, 4) is 11.8 Å². The lowest BCUT2D eigenvalue weighted by atomic mass is 10.2. The van der Waals surface area contributed by atoms with Crippen LogP contribution in [0, 0.1) is 11.8 Å². The van der Waals surface area contributed by atoms with E-state index >= 15 is 0 Å². The summed E-state index contributed by atoms with van der Waals surface area (Å²) < 4.78 is 0. The van der Waals surface area contributed by atoms with Crippen molar-refractivity contribution < 1.29 is 0 Å². The molecule has 0 aromatic carbocycles. The van der Waals surface area contributed by atoms with Crippen LogP contribution in [0.4, 0.5) is 0 Å². The first-order valence-corrected chi connectivity index (χ1v) is 3.97. The number of hydrogen-bond acceptors (Lipinski definition) is 0. The molecule has 0 nitrogen and oxygen atoms in total. The summed E-state index contributed by atoms with van der Waals surface area (Å²) >= 11 is 5.41. The van der Waals surface area contributed by atoms with Gasteiger partial charge >= 0.3 is 0 Å². The highest BCUT2D eigenvalue weighted by molar-refractivity contribution is 6.17. The highest BCUT2D eigenvalue weighted by Gasteiger charge is 1.75. The van der Waals surface area contributed by atoms with Crippen molar-refractivity contribution in [2.24, 2.45) is 0 Å². The fraction of sp³-hybridized carbons (Fsp3) is 0.750. The molecular formula is C8H13Cl. The summed E-state index contributed by atoms with van der Waals surface area (Å²) in [6.07, 6.45) is 4.32. The molecule has 0 aromatic heterocycles. The van der Waals surface area contributed by atoms with Gasteiger partial charge in [0.25, 0.3) is 0 Å². The number of alkyl halides is 1. The highest BCUT2D eigenvalue weighted by atomic mass is 35.5. The fourth-order valence-electron chi connectivity index (χ4n) is 0.489. The van der Waals surface area contributed by atoms with Gasteiger partial charge in [0.2, 0.25) is 0 Å². The van der Waals surface area contributed by atoms with E-state index in [1.165, 1.54) is 12.8 Å². The largest absolute Gasteiger partial charge is 0.126 e. The zero-order valence-electron chi connectivity index (χ0n) is 5.91. The molecule has 0 spiro atoms. The predicted octanol–water partition coefficient (Wildman–Crippen LogP) is 2.81. The van der Waals surface area contributed by atoms with Crippen LogP contribution in [-0.2, 0) is 0 Å². The lowest BCUT2D eigenvalue weighted by Gasteiger charge is -1.82. The van der Waals surface area contributed by atoms with Crippen molar-refractivity contribution in [1.82, 2.24) is 0 Å². The van der Waals surface area contributed by atoms with Crippen LogP contribution in [0.25, 0.3) is 0 Å². The summed E-state index contributed by atoms with van der Waals surface area (Å²) in [4.78, 5) is 0. The molecule has 0 atom stereocenters. The minimum atomic E-state index is 0.666. The third-order valence-electron chi connectivity index (χ3n) is 1.000. The predicted molar refractivity (Wildman–Crippen MR) is 42.6 cm³/mol. The SMILES string of the molecule is CCCCC#CCCCl. The fourth-order valence-corrected chi connectivity index (χ4v) is 0.584. The van der Waals surface area contributed by atoms with Gasteiger partial charge in [-0.3, -0.25) is 0 Å². The quantitative estimate of drug-likeness (QED) is 0.325. The Balaban J connectivity index is 2.96. The first-order chi connectivity index (χ1) is 4.41. The van der Waals surface area contributed by atoms with Gasteiger partial charge < -0.3 is 0 Å². The summed E-state index contributed by atoms with van der Waals surface area (Å²) in [6.45, 7) is 2.17. The van der Waals surface area contributed by atoms with Gasteiger partial charge in [-0.1, -0.05) is 13.3 Å². The minimum absolute atomic E-state index is 0.666. The molecule has 0 aromatic rings. The van der Waals surface area contributed by atoms with Crippen molar-refractivity contribution >= 4 is 11.6 Å². The van der Waals surface area contributed by atoms with Crippen molar-refractivity contribution in [1.29, 1.82) is 0 Å². The highest BCUT2D eigenvalue weighted by Crippen LogP contribution is 1.90. The van der Waals surface area contributed by atoms with Crippen LogP contribution in [0.3, 0.4) is 0 Å². The lowest BCUT2D eigenvalue weighted by molar-refractivity contribution is 0.827. The van der Waals surface area contributed by atoms with E-state index in [0.29, 0.717) is 5.88 Å². The van der Waals surface area contributed by atoms with Crippen LogP contribution >= 0.6 is 11.6 Å². The summed E-state index contributed by atoms with van der Waals surface area (Å²) in [5, 5.41) is 0. The van der Waals surface area contributed by atoms with Gasteiger partial charge in [-0.25, -0.2) is 0 Å². The van der Waals surface area contributed by atoms with Gasteiger partial charge in [-0.05, 0) is 6.42 Å². The van der Waals surface area contributed by atoms with E-state index in [1.807, 2.05) is 0 Å². The van der Waals surface area contributed by atoms with Crippen molar-refractivity contribution in [3.63, 3.8) is 0 Å². The molecule has 0 aliphatic carbocycles. The number of rotatable bonds is 3. The van der Waals surface area contributed by atoms with E-state index in [1.54, 1.807) is 0 Å². The maximum atomic E-state index is 5.41. The van der Waals surface area contributed by atoms with Crippen LogP contribution in [0.1, 0.15) is 32.6 Å². The zero-order chi connectivity index (χ0) is 6.95. The third kappa shape index (κ3) is 7.85. The molecule has 1 heteroatoms. The molecule has 52 valence electrons. The summed E-state index contributed by atoms with van der Waals surface area (Å²) in [5.74, 6) is 6.71. The maximum Gasteiger partial charge on any atom is 0.0333 e. The molecule has 0 aliphatic rings. The van der Waals surface area contributed by atoms with Crippen LogP contribution in [0.5, 0.6) is 0 Å². The first kappa shape index (κ1) is 8.85. The summed E-state index contributed by atoms with van der Waals surface area (Å²) in [5.41, 5.74) is 0. The second kappa shape index (κ2) is 7.85. The summed E-state index contributed by atoms with van der Waals surface area (Å²) in [7, 11) is 0. The molecule has 0 saturated heterocycles. The maximum absolute atomic E-state index is 5.41. The van der Waals surface area contributed by atoms with Crippen LogP contribution in [0.15, 0.2) is 0 Å². The Hall–Kier alpha value is -0.150. The topological polar surface area (TPSA) is 0 Å². The second-order valence-corrected chi connectivity index (χ2v) is 2.27. The Morgan fingerprint density at radius 2 is 1.89 bits per heavy atom. The molecular weight excluding hydrogens is 132 g/mol. The molecule has 0 radical (unpaired) electrons.